The second-order valence-corrected chi connectivity index (χ2v) is 6.15. The summed E-state index contributed by atoms with van der Waals surface area (Å²) >= 11 is 0. The number of hydrogen-bond donors (Lipinski definition) is 0. The Kier molecular flexibility index (Phi) is 3.58. The van der Waals surface area contributed by atoms with E-state index in [-0.39, 0.29) is 35.0 Å². The van der Waals surface area contributed by atoms with Gasteiger partial charge in [-0.1, -0.05) is 36.9 Å². The highest BCUT2D eigenvalue weighted by molar-refractivity contribution is 6.31. The van der Waals surface area contributed by atoms with Crippen molar-refractivity contribution in [1.29, 1.82) is 0 Å². The molecule has 0 atom stereocenters. The van der Waals surface area contributed by atoms with E-state index < -0.39 is 5.97 Å². The smallest absolute Gasteiger partial charge is 0.341 e. The minimum absolute atomic E-state index is 0.0233. The number of benzene rings is 1. The second-order valence-electron chi connectivity index (χ2n) is 6.15. The maximum Gasteiger partial charge on any atom is 0.341 e. The zero-order valence-electron chi connectivity index (χ0n) is 14.1. The number of nitrogens with zero attached hydrogens (tertiary/aromatic N) is 1. The normalized spacial score (nSPS) is 12.7. The van der Waals surface area contributed by atoms with Crippen molar-refractivity contribution in [3.63, 3.8) is 0 Å². The third kappa shape index (κ3) is 2.14. The maximum atomic E-state index is 13.1. The largest absolute Gasteiger partial charge is 0.458 e. The summed E-state index contributed by atoms with van der Waals surface area (Å²) in [6, 6.07) is 10.2. The quantitative estimate of drug-likeness (QED) is 0.422. The Bertz CT molecular complexity index is 1120. The van der Waals surface area contributed by atoms with Crippen molar-refractivity contribution in [2.24, 2.45) is 0 Å². The number of hydrogen-bond acceptors (Lipinski definition) is 4. The molecule has 0 N–H and O–H groups in total. The standard InChI is InChI=1S/C21H15NO4/c1-3-10-26-21(25)16-15-11-12(2)8-9-22(15)18-17(16)19(23)13-6-4-5-7-14(13)20(18)24/h3-9,11H,1,10H2,2H3. The summed E-state index contributed by atoms with van der Waals surface area (Å²) in [5.41, 5.74) is 2.47. The fourth-order valence-corrected chi connectivity index (χ4v) is 3.36. The van der Waals surface area contributed by atoms with Gasteiger partial charge < -0.3 is 9.14 Å². The van der Waals surface area contributed by atoms with Crippen molar-refractivity contribution in [3.05, 3.63) is 88.8 Å². The van der Waals surface area contributed by atoms with Crippen LogP contribution in [0.15, 0.2) is 55.3 Å². The SMILES string of the molecule is C=CCOC(=O)c1c2c(n3ccc(C)cc13)C(=O)c1ccccc1C2=O. The van der Waals surface area contributed by atoms with Crippen LogP contribution in [0.1, 0.15) is 47.9 Å². The van der Waals surface area contributed by atoms with Crippen molar-refractivity contribution in [1.82, 2.24) is 4.40 Å². The molecule has 0 saturated heterocycles. The van der Waals surface area contributed by atoms with Gasteiger partial charge in [0.2, 0.25) is 5.78 Å². The number of fused-ring (bicyclic) bond motifs is 4. The minimum atomic E-state index is -0.644. The summed E-state index contributed by atoms with van der Waals surface area (Å²) in [6.45, 7) is 5.43. The van der Waals surface area contributed by atoms with Gasteiger partial charge in [0.25, 0.3) is 0 Å². The fraction of sp³-hybridized carbons (Fsp3) is 0.0952. The van der Waals surface area contributed by atoms with Crippen LogP contribution in [0.4, 0.5) is 0 Å². The molecule has 1 aliphatic rings. The number of aromatic nitrogens is 1. The Labute approximate surface area is 149 Å². The lowest BCUT2D eigenvalue weighted by Crippen LogP contribution is -2.23. The molecule has 0 fully saturated rings. The Morgan fingerprint density at radius 2 is 1.85 bits per heavy atom. The molecule has 0 radical (unpaired) electrons. The monoisotopic (exact) mass is 345 g/mol. The molecular formula is C21H15NO4. The molecule has 0 bridgehead atoms. The Balaban J connectivity index is 2.08. The van der Waals surface area contributed by atoms with Crippen LogP contribution in [-0.4, -0.2) is 28.5 Å². The molecule has 1 aromatic carbocycles. The Hall–Kier alpha value is -3.47. The van der Waals surface area contributed by atoms with Gasteiger partial charge in [0.05, 0.1) is 16.6 Å². The van der Waals surface area contributed by atoms with E-state index in [0.29, 0.717) is 16.6 Å². The highest BCUT2D eigenvalue weighted by Gasteiger charge is 2.38. The van der Waals surface area contributed by atoms with Crippen LogP contribution in [0.2, 0.25) is 0 Å². The maximum absolute atomic E-state index is 13.1. The first-order valence-electron chi connectivity index (χ1n) is 8.15. The number of carbonyl (C=O) groups is 3. The van der Waals surface area contributed by atoms with Gasteiger partial charge in [-0.25, -0.2) is 4.79 Å². The third-order valence-electron chi connectivity index (χ3n) is 4.49. The van der Waals surface area contributed by atoms with E-state index in [1.54, 1.807) is 40.9 Å². The molecule has 4 rings (SSSR count). The average Bonchev–Trinajstić information content (AvgIpc) is 2.98. The van der Waals surface area contributed by atoms with Crippen LogP contribution in [0.3, 0.4) is 0 Å². The molecule has 0 unspecified atom stereocenters. The number of esters is 1. The summed E-state index contributed by atoms with van der Waals surface area (Å²) in [6.07, 6.45) is 3.16. The zero-order chi connectivity index (χ0) is 18.4. The Morgan fingerprint density at radius 1 is 1.15 bits per heavy atom. The number of rotatable bonds is 3. The third-order valence-corrected chi connectivity index (χ3v) is 4.49. The van der Waals surface area contributed by atoms with Crippen LogP contribution in [0.25, 0.3) is 5.52 Å². The summed E-state index contributed by atoms with van der Waals surface area (Å²) in [5.74, 6) is -1.27. The van der Waals surface area contributed by atoms with E-state index in [4.69, 9.17) is 4.74 Å². The van der Waals surface area contributed by atoms with Gasteiger partial charge in [-0.05, 0) is 24.6 Å². The Morgan fingerprint density at radius 3 is 2.54 bits per heavy atom. The zero-order valence-corrected chi connectivity index (χ0v) is 14.1. The molecule has 26 heavy (non-hydrogen) atoms. The van der Waals surface area contributed by atoms with Crippen LogP contribution in [-0.2, 0) is 4.74 Å². The van der Waals surface area contributed by atoms with Gasteiger partial charge in [0.15, 0.2) is 5.78 Å². The summed E-state index contributed by atoms with van der Waals surface area (Å²) < 4.78 is 6.79. The van der Waals surface area contributed by atoms with Crippen LogP contribution in [0, 0.1) is 6.92 Å². The number of ether oxygens (including phenoxy) is 1. The molecule has 3 aromatic rings. The molecule has 0 aliphatic heterocycles. The average molecular weight is 345 g/mol. The predicted molar refractivity (Wildman–Crippen MR) is 95.9 cm³/mol. The van der Waals surface area contributed by atoms with Gasteiger partial charge in [0, 0.05) is 17.3 Å². The van der Waals surface area contributed by atoms with E-state index in [1.165, 1.54) is 6.08 Å². The van der Waals surface area contributed by atoms with Crippen molar-refractivity contribution in [3.8, 4) is 0 Å². The second kappa shape index (κ2) is 5.81. The summed E-state index contributed by atoms with van der Waals surface area (Å²) in [4.78, 5) is 38.9. The molecule has 1 aliphatic carbocycles. The van der Waals surface area contributed by atoms with Gasteiger partial charge >= 0.3 is 5.97 Å². The fourth-order valence-electron chi connectivity index (χ4n) is 3.36. The number of pyridine rings is 1. The number of carbonyl (C=O) groups excluding carboxylic acids is 3. The lowest BCUT2D eigenvalue weighted by Gasteiger charge is -2.15. The lowest BCUT2D eigenvalue weighted by atomic mass is 9.86. The molecule has 0 amide bonds. The van der Waals surface area contributed by atoms with Crippen LogP contribution in [0.5, 0.6) is 0 Å². The van der Waals surface area contributed by atoms with Crippen molar-refractivity contribution in [2.45, 2.75) is 6.92 Å². The summed E-state index contributed by atoms with van der Waals surface area (Å²) in [5, 5.41) is 0. The molecule has 2 heterocycles. The highest BCUT2D eigenvalue weighted by atomic mass is 16.5. The van der Waals surface area contributed by atoms with Crippen LogP contribution >= 0.6 is 0 Å². The molecule has 2 aromatic heterocycles. The van der Waals surface area contributed by atoms with E-state index in [0.717, 1.165) is 5.56 Å². The van der Waals surface area contributed by atoms with Gasteiger partial charge in [0.1, 0.15) is 12.3 Å². The first-order valence-corrected chi connectivity index (χ1v) is 8.15. The predicted octanol–water partition coefficient (Wildman–Crippen LogP) is 3.37. The van der Waals surface area contributed by atoms with E-state index in [1.807, 2.05) is 13.0 Å². The molecule has 0 saturated carbocycles. The van der Waals surface area contributed by atoms with Gasteiger partial charge in [-0.15, -0.1) is 0 Å². The van der Waals surface area contributed by atoms with E-state index >= 15 is 0 Å². The molecular weight excluding hydrogens is 330 g/mol. The van der Waals surface area contributed by atoms with E-state index in [9.17, 15) is 14.4 Å². The van der Waals surface area contributed by atoms with Crippen molar-refractivity contribution >= 4 is 23.1 Å². The number of ketones is 2. The van der Waals surface area contributed by atoms with Crippen molar-refractivity contribution < 1.29 is 19.1 Å². The van der Waals surface area contributed by atoms with Crippen LogP contribution < -0.4 is 0 Å². The molecule has 0 spiro atoms. The topological polar surface area (TPSA) is 64.8 Å². The molecule has 5 heteroatoms. The first kappa shape index (κ1) is 16.0. The van der Waals surface area contributed by atoms with Gasteiger partial charge in [-0.3, -0.25) is 9.59 Å². The first-order chi connectivity index (χ1) is 12.5. The van der Waals surface area contributed by atoms with E-state index in [2.05, 4.69) is 6.58 Å². The minimum Gasteiger partial charge on any atom is -0.458 e. The summed E-state index contributed by atoms with van der Waals surface area (Å²) in [7, 11) is 0. The molecule has 128 valence electrons. The highest BCUT2D eigenvalue weighted by Crippen LogP contribution is 2.34. The number of aryl methyl sites for hydroxylation is 1. The molecule has 5 nitrogen and oxygen atoms in total. The van der Waals surface area contributed by atoms with Gasteiger partial charge in [-0.2, -0.15) is 0 Å². The lowest BCUT2D eigenvalue weighted by molar-refractivity contribution is 0.0549. The van der Waals surface area contributed by atoms with Crippen molar-refractivity contribution in [2.75, 3.05) is 6.61 Å².